The summed E-state index contributed by atoms with van der Waals surface area (Å²) < 4.78 is 5.86. The molecule has 1 aromatic rings. The molecule has 1 unspecified atom stereocenters. The summed E-state index contributed by atoms with van der Waals surface area (Å²) in [6.07, 6.45) is 0.783. The summed E-state index contributed by atoms with van der Waals surface area (Å²) in [6.45, 7) is 6.88. The molecule has 1 atom stereocenters. The lowest BCUT2D eigenvalue weighted by molar-refractivity contribution is -0.0793. The number of hydrogen-bond donors (Lipinski definition) is 2. The zero-order chi connectivity index (χ0) is 11.9. The number of phenols is 2. The number of hydrogen-bond acceptors (Lipinski definition) is 3. The van der Waals surface area contributed by atoms with Gasteiger partial charge in [0.05, 0.1) is 12.2 Å². The molecular formula is C13H18O3. The Labute approximate surface area is 95.7 Å². The average molecular weight is 222 g/mol. The van der Waals surface area contributed by atoms with Crippen LogP contribution < -0.4 is 0 Å². The molecule has 0 amide bonds. The highest BCUT2D eigenvalue weighted by molar-refractivity contribution is 5.48. The fraction of sp³-hybridized carbons (Fsp3) is 0.538. The summed E-state index contributed by atoms with van der Waals surface area (Å²) in [5, 5.41) is 19.1. The van der Waals surface area contributed by atoms with Crippen molar-refractivity contribution < 1.29 is 14.9 Å². The molecule has 3 heteroatoms. The molecule has 1 aromatic carbocycles. The Bertz CT molecular complexity index is 412. The first-order valence-electron chi connectivity index (χ1n) is 5.64. The Morgan fingerprint density at radius 2 is 1.88 bits per heavy atom. The van der Waals surface area contributed by atoms with Crippen LogP contribution in [0.1, 0.15) is 31.9 Å². The van der Waals surface area contributed by atoms with Crippen LogP contribution in [0.3, 0.4) is 0 Å². The van der Waals surface area contributed by atoms with Crippen LogP contribution in [0, 0.1) is 5.92 Å². The summed E-state index contributed by atoms with van der Waals surface area (Å²) in [7, 11) is 0. The minimum atomic E-state index is -0.376. The molecule has 1 aliphatic rings. The highest BCUT2D eigenvalue weighted by Gasteiger charge is 2.36. The fourth-order valence-electron chi connectivity index (χ4n) is 2.22. The molecule has 1 aliphatic heterocycles. The largest absolute Gasteiger partial charge is 0.504 e. The maximum atomic E-state index is 9.58. The van der Waals surface area contributed by atoms with E-state index in [0.717, 1.165) is 17.5 Å². The van der Waals surface area contributed by atoms with Crippen LogP contribution in [0.2, 0.25) is 0 Å². The molecule has 0 saturated carbocycles. The standard InChI is InChI=1S/C13H18O3/c1-8(2)13(3)10-7-12(15)11(14)6-9(10)4-5-16-13/h6-8,14-15H,4-5H2,1-3H3. The van der Waals surface area contributed by atoms with Gasteiger partial charge in [-0.05, 0) is 42.5 Å². The van der Waals surface area contributed by atoms with E-state index in [4.69, 9.17) is 4.74 Å². The van der Waals surface area contributed by atoms with Gasteiger partial charge < -0.3 is 14.9 Å². The summed E-state index contributed by atoms with van der Waals surface area (Å²) in [4.78, 5) is 0. The third kappa shape index (κ3) is 1.55. The van der Waals surface area contributed by atoms with Crippen molar-refractivity contribution in [1.29, 1.82) is 0 Å². The zero-order valence-corrected chi connectivity index (χ0v) is 9.95. The van der Waals surface area contributed by atoms with E-state index in [1.807, 2.05) is 6.92 Å². The molecule has 1 heterocycles. The quantitative estimate of drug-likeness (QED) is 0.718. The topological polar surface area (TPSA) is 49.7 Å². The summed E-state index contributed by atoms with van der Waals surface area (Å²) >= 11 is 0. The molecule has 0 bridgehead atoms. The molecule has 0 aromatic heterocycles. The fourth-order valence-corrected chi connectivity index (χ4v) is 2.22. The van der Waals surface area contributed by atoms with Gasteiger partial charge in [-0.2, -0.15) is 0 Å². The second-order valence-electron chi connectivity index (χ2n) is 4.86. The second-order valence-corrected chi connectivity index (χ2v) is 4.86. The van der Waals surface area contributed by atoms with Crippen LogP contribution in [-0.4, -0.2) is 16.8 Å². The molecule has 0 spiro atoms. The number of ether oxygens (including phenoxy) is 1. The van der Waals surface area contributed by atoms with Crippen molar-refractivity contribution in [1.82, 2.24) is 0 Å². The Balaban J connectivity index is 2.58. The van der Waals surface area contributed by atoms with Crippen molar-refractivity contribution in [2.24, 2.45) is 5.92 Å². The van der Waals surface area contributed by atoms with Gasteiger partial charge >= 0.3 is 0 Å². The predicted octanol–water partition coefficient (Wildman–Crippen LogP) is 2.54. The zero-order valence-electron chi connectivity index (χ0n) is 9.95. The number of benzene rings is 1. The van der Waals surface area contributed by atoms with Gasteiger partial charge in [-0.1, -0.05) is 13.8 Å². The van der Waals surface area contributed by atoms with Gasteiger partial charge in [0.1, 0.15) is 0 Å². The molecule has 0 fully saturated rings. The first-order chi connectivity index (χ1) is 7.45. The van der Waals surface area contributed by atoms with Crippen LogP contribution >= 0.6 is 0 Å². The highest BCUT2D eigenvalue weighted by Crippen LogP contribution is 2.42. The summed E-state index contributed by atoms with van der Waals surface area (Å²) in [5.74, 6) is 0.193. The molecule has 0 saturated heterocycles. The molecule has 0 aliphatic carbocycles. The molecule has 88 valence electrons. The number of aromatic hydroxyl groups is 2. The van der Waals surface area contributed by atoms with E-state index in [1.165, 1.54) is 0 Å². The van der Waals surface area contributed by atoms with Crippen LogP contribution in [0.25, 0.3) is 0 Å². The van der Waals surface area contributed by atoms with Crippen molar-refractivity contribution in [2.45, 2.75) is 32.8 Å². The maximum Gasteiger partial charge on any atom is 0.157 e. The van der Waals surface area contributed by atoms with E-state index in [2.05, 4.69) is 13.8 Å². The van der Waals surface area contributed by atoms with E-state index in [1.54, 1.807) is 12.1 Å². The predicted molar refractivity (Wildman–Crippen MR) is 61.6 cm³/mol. The lowest BCUT2D eigenvalue weighted by atomic mass is 9.80. The van der Waals surface area contributed by atoms with Crippen molar-refractivity contribution in [2.75, 3.05) is 6.61 Å². The van der Waals surface area contributed by atoms with E-state index >= 15 is 0 Å². The second kappa shape index (κ2) is 3.67. The highest BCUT2D eigenvalue weighted by atomic mass is 16.5. The molecule has 3 nitrogen and oxygen atoms in total. The number of phenolic OH excluding ortho intramolecular Hbond substituents is 2. The van der Waals surface area contributed by atoms with Crippen LogP contribution in [0.15, 0.2) is 12.1 Å². The third-order valence-electron chi connectivity index (χ3n) is 3.61. The molecule has 0 radical (unpaired) electrons. The van der Waals surface area contributed by atoms with E-state index in [-0.39, 0.29) is 17.1 Å². The van der Waals surface area contributed by atoms with Gasteiger partial charge in [0.15, 0.2) is 11.5 Å². The van der Waals surface area contributed by atoms with Gasteiger partial charge in [-0.3, -0.25) is 0 Å². The average Bonchev–Trinajstić information content (AvgIpc) is 2.21. The van der Waals surface area contributed by atoms with Crippen LogP contribution in [0.4, 0.5) is 0 Å². The van der Waals surface area contributed by atoms with Gasteiger partial charge in [-0.15, -0.1) is 0 Å². The van der Waals surface area contributed by atoms with Crippen LogP contribution in [0.5, 0.6) is 11.5 Å². The lowest BCUT2D eigenvalue weighted by Gasteiger charge is -2.39. The van der Waals surface area contributed by atoms with Gasteiger partial charge in [-0.25, -0.2) is 0 Å². The summed E-state index contributed by atoms with van der Waals surface area (Å²) in [6, 6.07) is 3.28. The van der Waals surface area contributed by atoms with E-state index < -0.39 is 0 Å². The first kappa shape index (κ1) is 11.3. The minimum absolute atomic E-state index is 0.0493. The third-order valence-corrected chi connectivity index (χ3v) is 3.61. The van der Waals surface area contributed by atoms with Crippen molar-refractivity contribution in [3.8, 4) is 11.5 Å². The van der Waals surface area contributed by atoms with E-state index in [0.29, 0.717) is 12.5 Å². The monoisotopic (exact) mass is 222 g/mol. The maximum absolute atomic E-state index is 9.58. The number of rotatable bonds is 1. The molecular weight excluding hydrogens is 204 g/mol. The van der Waals surface area contributed by atoms with Crippen molar-refractivity contribution in [3.63, 3.8) is 0 Å². The SMILES string of the molecule is CC(C)C1(C)OCCc2cc(O)c(O)cc21. The van der Waals surface area contributed by atoms with E-state index in [9.17, 15) is 10.2 Å². The molecule has 16 heavy (non-hydrogen) atoms. The minimum Gasteiger partial charge on any atom is -0.504 e. The van der Waals surface area contributed by atoms with Crippen molar-refractivity contribution in [3.05, 3.63) is 23.3 Å². The summed E-state index contributed by atoms with van der Waals surface area (Å²) in [5.41, 5.74) is 1.68. The Morgan fingerprint density at radius 3 is 2.50 bits per heavy atom. The van der Waals surface area contributed by atoms with Gasteiger partial charge in [0.25, 0.3) is 0 Å². The first-order valence-corrected chi connectivity index (χ1v) is 5.64. The number of fused-ring (bicyclic) bond motifs is 1. The van der Waals surface area contributed by atoms with Crippen LogP contribution in [-0.2, 0) is 16.8 Å². The Hall–Kier alpha value is -1.22. The lowest BCUT2D eigenvalue weighted by Crippen LogP contribution is -2.37. The van der Waals surface area contributed by atoms with Crippen molar-refractivity contribution >= 4 is 0 Å². The normalized spacial score (nSPS) is 24.5. The van der Waals surface area contributed by atoms with Gasteiger partial charge in [0.2, 0.25) is 0 Å². The molecule has 2 rings (SSSR count). The van der Waals surface area contributed by atoms with Gasteiger partial charge in [0, 0.05) is 0 Å². The molecule has 2 N–H and O–H groups in total. The smallest absolute Gasteiger partial charge is 0.157 e. The Morgan fingerprint density at radius 1 is 1.25 bits per heavy atom. The Kier molecular flexibility index (Phi) is 2.58.